The van der Waals surface area contributed by atoms with E-state index >= 15 is 0 Å². The molecule has 2 fully saturated rings. The summed E-state index contributed by atoms with van der Waals surface area (Å²) in [4.78, 5) is 17.8. The zero-order valence-corrected chi connectivity index (χ0v) is 15.3. The quantitative estimate of drug-likeness (QED) is 0.822. The summed E-state index contributed by atoms with van der Waals surface area (Å²) in [5, 5.41) is 1.96. The van der Waals surface area contributed by atoms with Crippen LogP contribution in [0.25, 0.3) is 0 Å². The van der Waals surface area contributed by atoms with E-state index in [0.717, 1.165) is 49.8 Å². The lowest BCUT2D eigenvalue weighted by Crippen LogP contribution is -2.47. The van der Waals surface area contributed by atoms with Gasteiger partial charge in [0.05, 0.1) is 30.4 Å². The van der Waals surface area contributed by atoms with Gasteiger partial charge >= 0.3 is 0 Å². The molecule has 2 aliphatic heterocycles. The summed E-state index contributed by atoms with van der Waals surface area (Å²) in [6.45, 7) is 4.12. The van der Waals surface area contributed by atoms with Gasteiger partial charge in [0.15, 0.2) is 0 Å². The van der Waals surface area contributed by atoms with Crippen molar-refractivity contribution in [3.8, 4) is 0 Å². The van der Waals surface area contributed by atoms with Gasteiger partial charge in [-0.1, -0.05) is 6.07 Å². The van der Waals surface area contributed by atoms with Crippen molar-refractivity contribution in [3.05, 3.63) is 46.5 Å². The molecular formula is C19H24N2O3S. The van der Waals surface area contributed by atoms with Gasteiger partial charge in [-0.25, -0.2) is 0 Å². The second-order valence-corrected chi connectivity index (χ2v) is 8.04. The molecule has 1 amide bonds. The molecule has 0 saturated carbocycles. The summed E-state index contributed by atoms with van der Waals surface area (Å²) in [5.74, 6) is 2.14. The summed E-state index contributed by atoms with van der Waals surface area (Å²) in [6.07, 6.45) is 2.93. The van der Waals surface area contributed by atoms with Crippen LogP contribution >= 0.6 is 11.3 Å². The fourth-order valence-electron chi connectivity index (χ4n) is 4.00. The molecule has 5 nitrogen and oxygen atoms in total. The molecule has 4 rings (SSSR count). The van der Waals surface area contributed by atoms with Gasteiger partial charge in [0.1, 0.15) is 5.76 Å². The Labute approximate surface area is 152 Å². The van der Waals surface area contributed by atoms with Crippen molar-refractivity contribution in [2.45, 2.75) is 19.1 Å². The maximum atomic E-state index is 12.7. The number of rotatable bonds is 5. The molecule has 3 atom stereocenters. The van der Waals surface area contributed by atoms with E-state index in [1.54, 1.807) is 6.26 Å². The van der Waals surface area contributed by atoms with Crippen molar-refractivity contribution >= 4 is 17.2 Å². The van der Waals surface area contributed by atoms with Crippen LogP contribution in [0.3, 0.4) is 0 Å². The highest BCUT2D eigenvalue weighted by atomic mass is 32.1. The number of furan rings is 1. The van der Waals surface area contributed by atoms with Gasteiger partial charge < -0.3 is 14.1 Å². The van der Waals surface area contributed by atoms with E-state index in [2.05, 4.69) is 11.9 Å². The minimum Gasteiger partial charge on any atom is -0.468 e. The highest BCUT2D eigenvalue weighted by molar-refractivity contribution is 7.12. The zero-order valence-electron chi connectivity index (χ0n) is 14.5. The molecule has 25 heavy (non-hydrogen) atoms. The number of piperidine rings is 1. The van der Waals surface area contributed by atoms with Gasteiger partial charge in [-0.2, -0.15) is 0 Å². The van der Waals surface area contributed by atoms with Crippen molar-refractivity contribution in [1.82, 2.24) is 9.80 Å². The Hall–Kier alpha value is -1.63. The van der Waals surface area contributed by atoms with Crippen LogP contribution in [-0.4, -0.2) is 55.1 Å². The van der Waals surface area contributed by atoms with Crippen LogP contribution in [0.2, 0.25) is 0 Å². The highest BCUT2D eigenvalue weighted by Gasteiger charge is 2.42. The summed E-state index contributed by atoms with van der Waals surface area (Å²) < 4.78 is 11.5. The minimum absolute atomic E-state index is 0.169. The van der Waals surface area contributed by atoms with Crippen LogP contribution in [0.1, 0.15) is 21.9 Å². The third-order valence-corrected chi connectivity index (χ3v) is 6.18. The Bertz CT molecular complexity index is 686. The Morgan fingerprint density at radius 1 is 1.40 bits per heavy atom. The van der Waals surface area contributed by atoms with Crippen LogP contribution in [0, 0.1) is 11.8 Å². The first kappa shape index (κ1) is 16.8. The molecule has 0 aromatic carbocycles. The number of likely N-dealkylation sites (tertiary alicyclic amines) is 1. The molecule has 0 spiro atoms. The van der Waals surface area contributed by atoms with E-state index in [1.165, 1.54) is 11.3 Å². The largest absolute Gasteiger partial charge is 0.468 e. The molecule has 134 valence electrons. The molecule has 2 aromatic rings. The third kappa shape index (κ3) is 3.66. The molecule has 0 aliphatic carbocycles. The Morgan fingerprint density at radius 2 is 2.32 bits per heavy atom. The summed E-state index contributed by atoms with van der Waals surface area (Å²) in [6, 6.07) is 7.77. The van der Waals surface area contributed by atoms with E-state index in [1.807, 2.05) is 34.5 Å². The predicted molar refractivity (Wildman–Crippen MR) is 96.6 cm³/mol. The number of hydrogen-bond acceptors (Lipinski definition) is 5. The van der Waals surface area contributed by atoms with E-state index in [0.29, 0.717) is 11.8 Å². The third-order valence-electron chi connectivity index (χ3n) is 5.33. The van der Waals surface area contributed by atoms with Crippen LogP contribution in [0.15, 0.2) is 40.3 Å². The van der Waals surface area contributed by atoms with Crippen molar-refractivity contribution < 1.29 is 13.9 Å². The summed E-state index contributed by atoms with van der Waals surface area (Å²) in [5.41, 5.74) is 0. The Kier molecular flexibility index (Phi) is 4.92. The molecule has 2 saturated heterocycles. The fourth-order valence-corrected chi connectivity index (χ4v) is 4.69. The number of fused-ring (bicyclic) bond motifs is 1. The SMILES string of the molecule is CN(Cc1ccco1)C[C@H]1OC[C@@H]2CCN(C(=O)c3cccs3)C[C@@H]21. The first-order chi connectivity index (χ1) is 12.2. The van der Waals surface area contributed by atoms with Gasteiger partial charge in [-0.05, 0) is 43.0 Å². The first-order valence-corrected chi connectivity index (χ1v) is 9.74. The van der Waals surface area contributed by atoms with Crippen LogP contribution in [0.4, 0.5) is 0 Å². The molecule has 0 N–H and O–H groups in total. The maximum absolute atomic E-state index is 12.7. The molecule has 2 aliphatic rings. The lowest BCUT2D eigenvalue weighted by atomic mass is 9.84. The van der Waals surface area contributed by atoms with Crippen LogP contribution in [0.5, 0.6) is 0 Å². The van der Waals surface area contributed by atoms with Crippen LogP contribution in [-0.2, 0) is 11.3 Å². The minimum atomic E-state index is 0.169. The van der Waals surface area contributed by atoms with E-state index in [-0.39, 0.29) is 12.0 Å². The van der Waals surface area contributed by atoms with E-state index in [9.17, 15) is 4.79 Å². The second-order valence-electron chi connectivity index (χ2n) is 7.09. The van der Waals surface area contributed by atoms with E-state index in [4.69, 9.17) is 9.15 Å². The maximum Gasteiger partial charge on any atom is 0.263 e. The standard InChI is InChI=1S/C19H24N2O3S/c1-20(10-15-4-2-8-23-15)12-17-16-11-21(7-6-14(16)13-24-17)19(22)18-5-3-9-25-18/h2-5,8-9,14,16-17H,6-7,10-13H2,1H3/t14-,16-,17+/m0/s1. The summed E-state index contributed by atoms with van der Waals surface area (Å²) in [7, 11) is 2.09. The number of amides is 1. The molecule has 4 heterocycles. The smallest absolute Gasteiger partial charge is 0.263 e. The fraction of sp³-hybridized carbons (Fsp3) is 0.526. The van der Waals surface area contributed by atoms with Gasteiger partial charge in [-0.3, -0.25) is 9.69 Å². The molecule has 0 bridgehead atoms. The Balaban J connectivity index is 1.37. The highest BCUT2D eigenvalue weighted by Crippen LogP contribution is 2.35. The van der Waals surface area contributed by atoms with Gasteiger partial charge in [-0.15, -0.1) is 11.3 Å². The number of hydrogen-bond donors (Lipinski definition) is 0. The molecular weight excluding hydrogens is 336 g/mol. The lowest BCUT2D eigenvalue weighted by molar-refractivity contribution is 0.0422. The topological polar surface area (TPSA) is 45.9 Å². The molecule has 0 radical (unpaired) electrons. The number of likely N-dealkylation sites (N-methyl/N-ethyl adjacent to an activating group) is 1. The number of ether oxygens (including phenoxy) is 1. The second kappa shape index (κ2) is 7.32. The van der Waals surface area contributed by atoms with Crippen LogP contribution < -0.4 is 0 Å². The average molecular weight is 360 g/mol. The van der Waals surface area contributed by atoms with Crippen molar-refractivity contribution in [2.75, 3.05) is 33.3 Å². The van der Waals surface area contributed by atoms with E-state index < -0.39 is 0 Å². The average Bonchev–Trinajstić information content (AvgIpc) is 3.36. The monoisotopic (exact) mass is 360 g/mol. The number of carbonyl (C=O) groups is 1. The zero-order chi connectivity index (χ0) is 17.2. The number of thiophene rings is 1. The summed E-state index contributed by atoms with van der Waals surface area (Å²) >= 11 is 1.52. The first-order valence-electron chi connectivity index (χ1n) is 8.86. The number of carbonyl (C=O) groups excluding carboxylic acids is 1. The normalized spacial score (nSPS) is 26.2. The van der Waals surface area contributed by atoms with Crippen molar-refractivity contribution in [2.24, 2.45) is 11.8 Å². The molecule has 6 heteroatoms. The van der Waals surface area contributed by atoms with Gasteiger partial charge in [0, 0.05) is 25.6 Å². The van der Waals surface area contributed by atoms with Gasteiger partial charge in [0.25, 0.3) is 5.91 Å². The van der Waals surface area contributed by atoms with Crippen molar-refractivity contribution in [1.29, 1.82) is 0 Å². The van der Waals surface area contributed by atoms with Crippen molar-refractivity contribution in [3.63, 3.8) is 0 Å². The Morgan fingerprint density at radius 3 is 3.08 bits per heavy atom. The van der Waals surface area contributed by atoms with Gasteiger partial charge in [0.2, 0.25) is 0 Å². The molecule has 0 unspecified atom stereocenters. The predicted octanol–water partition coefficient (Wildman–Crippen LogP) is 2.95. The molecule has 2 aromatic heterocycles. The lowest BCUT2D eigenvalue weighted by Gasteiger charge is -2.36. The number of nitrogens with zero attached hydrogens (tertiary/aromatic N) is 2.